The van der Waals surface area contributed by atoms with E-state index in [4.69, 9.17) is 14.2 Å². The third-order valence-electron chi connectivity index (χ3n) is 3.77. The first-order valence-electron chi connectivity index (χ1n) is 8.12. The van der Waals surface area contributed by atoms with Gasteiger partial charge in [0.25, 0.3) is 5.91 Å². The minimum Gasteiger partial charge on any atom is -0.486 e. The molecule has 1 aliphatic rings. The molecule has 1 N–H and O–H groups in total. The number of benzene rings is 2. The van der Waals surface area contributed by atoms with Crippen molar-refractivity contribution in [3.8, 4) is 17.2 Å². The third kappa shape index (κ3) is 4.05. The number of amides is 1. The lowest BCUT2D eigenvalue weighted by molar-refractivity contribution is -0.122. The van der Waals surface area contributed by atoms with Gasteiger partial charge in [0.1, 0.15) is 19.0 Å². The smallest absolute Gasteiger partial charge is 0.337 e. The van der Waals surface area contributed by atoms with Crippen molar-refractivity contribution in [3.05, 3.63) is 48.0 Å². The van der Waals surface area contributed by atoms with Crippen LogP contribution in [0.5, 0.6) is 17.2 Å². The maximum Gasteiger partial charge on any atom is 0.337 e. The van der Waals surface area contributed by atoms with Gasteiger partial charge in [0.15, 0.2) is 17.6 Å². The molecule has 2 aromatic carbocycles. The van der Waals surface area contributed by atoms with Crippen molar-refractivity contribution in [2.45, 2.75) is 13.0 Å². The molecule has 0 aromatic heterocycles. The van der Waals surface area contributed by atoms with Crippen LogP contribution in [0.15, 0.2) is 42.5 Å². The van der Waals surface area contributed by atoms with Gasteiger partial charge in [-0.1, -0.05) is 0 Å². The zero-order chi connectivity index (χ0) is 18.5. The second kappa shape index (κ2) is 7.77. The number of hydrogen-bond donors (Lipinski definition) is 1. The molecular weight excluding hydrogens is 338 g/mol. The second-order valence-electron chi connectivity index (χ2n) is 5.62. The lowest BCUT2D eigenvalue weighted by Gasteiger charge is -2.19. The number of esters is 1. The molecule has 2 aromatic rings. The van der Waals surface area contributed by atoms with E-state index in [9.17, 15) is 9.59 Å². The fraction of sp³-hybridized carbons (Fsp3) is 0.263. The van der Waals surface area contributed by atoms with E-state index in [0.29, 0.717) is 41.7 Å². The summed E-state index contributed by atoms with van der Waals surface area (Å²) >= 11 is 0. The fourth-order valence-corrected chi connectivity index (χ4v) is 2.41. The molecule has 0 spiro atoms. The molecule has 0 radical (unpaired) electrons. The lowest BCUT2D eigenvalue weighted by Crippen LogP contribution is -2.30. The van der Waals surface area contributed by atoms with E-state index in [0.717, 1.165) is 0 Å². The minimum atomic E-state index is -0.729. The van der Waals surface area contributed by atoms with Gasteiger partial charge in [-0.05, 0) is 43.3 Å². The number of rotatable bonds is 5. The SMILES string of the molecule is COC(=O)c1ccc(O[C@H](C)C(=O)Nc2ccc3c(c2)OCCO3)cc1. The van der Waals surface area contributed by atoms with E-state index in [1.807, 2.05) is 0 Å². The molecule has 7 heteroatoms. The molecule has 136 valence electrons. The summed E-state index contributed by atoms with van der Waals surface area (Å²) in [4.78, 5) is 23.7. The van der Waals surface area contributed by atoms with Gasteiger partial charge in [0.05, 0.1) is 12.7 Å². The van der Waals surface area contributed by atoms with Crippen LogP contribution in [0.4, 0.5) is 5.69 Å². The Balaban J connectivity index is 1.60. The Hall–Kier alpha value is -3.22. The number of hydrogen-bond acceptors (Lipinski definition) is 6. The topological polar surface area (TPSA) is 83.1 Å². The first-order chi connectivity index (χ1) is 12.6. The van der Waals surface area contributed by atoms with Gasteiger partial charge in [0.2, 0.25) is 0 Å². The van der Waals surface area contributed by atoms with Gasteiger partial charge >= 0.3 is 5.97 Å². The number of carbonyl (C=O) groups excluding carboxylic acids is 2. The summed E-state index contributed by atoms with van der Waals surface area (Å²) in [6.45, 7) is 2.63. The molecule has 0 saturated heterocycles. The lowest BCUT2D eigenvalue weighted by atomic mass is 10.2. The summed E-state index contributed by atoms with van der Waals surface area (Å²) in [6.07, 6.45) is -0.729. The van der Waals surface area contributed by atoms with Crippen molar-refractivity contribution < 1.29 is 28.5 Å². The molecule has 1 heterocycles. The van der Waals surface area contributed by atoms with Gasteiger partial charge in [0, 0.05) is 11.8 Å². The van der Waals surface area contributed by atoms with Crippen molar-refractivity contribution in [1.82, 2.24) is 0 Å². The van der Waals surface area contributed by atoms with Crippen LogP contribution in [0, 0.1) is 0 Å². The molecule has 0 aliphatic carbocycles. The molecule has 0 unspecified atom stereocenters. The quantitative estimate of drug-likeness (QED) is 0.829. The Kier molecular flexibility index (Phi) is 5.26. The number of anilines is 1. The normalized spacial score (nSPS) is 13.5. The molecule has 0 saturated carbocycles. The van der Waals surface area contributed by atoms with E-state index in [1.54, 1.807) is 49.4 Å². The highest BCUT2D eigenvalue weighted by molar-refractivity contribution is 5.94. The van der Waals surface area contributed by atoms with Crippen molar-refractivity contribution in [2.75, 3.05) is 25.6 Å². The number of carbonyl (C=O) groups is 2. The Morgan fingerprint density at radius 3 is 2.42 bits per heavy atom. The van der Waals surface area contributed by atoms with E-state index in [-0.39, 0.29) is 5.91 Å². The van der Waals surface area contributed by atoms with E-state index in [1.165, 1.54) is 7.11 Å². The van der Waals surface area contributed by atoms with Crippen molar-refractivity contribution in [2.24, 2.45) is 0 Å². The van der Waals surface area contributed by atoms with Gasteiger partial charge in [-0.3, -0.25) is 4.79 Å². The third-order valence-corrected chi connectivity index (χ3v) is 3.77. The largest absolute Gasteiger partial charge is 0.486 e. The molecule has 7 nitrogen and oxygen atoms in total. The molecule has 0 fully saturated rings. The van der Waals surface area contributed by atoms with Crippen molar-refractivity contribution in [3.63, 3.8) is 0 Å². The highest BCUT2D eigenvalue weighted by Crippen LogP contribution is 2.32. The molecule has 1 atom stereocenters. The maximum atomic E-state index is 12.3. The standard InChI is InChI=1S/C19H19NO6/c1-12(26-15-6-3-13(4-7-15)19(22)23-2)18(21)20-14-5-8-16-17(11-14)25-10-9-24-16/h3-8,11-12H,9-10H2,1-2H3,(H,20,21)/t12-/m1/s1. The van der Waals surface area contributed by atoms with Gasteiger partial charge in [-0.15, -0.1) is 0 Å². The summed E-state index contributed by atoms with van der Waals surface area (Å²) in [7, 11) is 1.32. The van der Waals surface area contributed by atoms with Crippen molar-refractivity contribution in [1.29, 1.82) is 0 Å². The molecular formula is C19H19NO6. The number of fused-ring (bicyclic) bond motifs is 1. The van der Waals surface area contributed by atoms with E-state index < -0.39 is 12.1 Å². The zero-order valence-corrected chi connectivity index (χ0v) is 14.5. The van der Waals surface area contributed by atoms with Crippen LogP contribution in [-0.4, -0.2) is 38.3 Å². The second-order valence-corrected chi connectivity index (χ2v) is 5.62. The highest BCUT2D eigenvalue weighted by Gasteiger charge is 2.17. The predicted molar refractivity (Wildman–Crippen MR) is 93.9 cm³/mol. The van der Waals surface area contributed by atoms with Crippen LogP contribution < -0.4 is 19.5 Å². The van der Waals surface area contributed by atoms with E-state index >= 15 is 0 Å². The number of ether oxygens (including phenoxy) is 4. The summed E-state index contributed by atoms with van der Waals surface area (Å²) in [5, 5.41) is 2.78. The Labute approximate surface area is 150 Å². The first kappa shape index (κ1) is 17.6. The molecule has 1 amide bonds. The van der Waals surface area contributed by atoms with Gasteiger partial charge in [-0.25, -0.2) is 4.79 Å². The average molecular weight is 357 g/mol. The predicted octanol–water partition coefficient (Wildman–Crippen LogP) is 2.65. The van der Waals surface area contributed by atoms with Crippen LogP contribution in [0.2, 0.25) is 0 Å². The van der Waals surface area contributed by atoms with Crippen LogP contribution in [0.25, 0.3) is 0 Å². The Morgan fingerprint density at radius 2 is 1.73 bits per heavy atom. The minimum absolute atomic E-state index is 0.307. The Bertz CT molecular complexity index is 802. The van der Waals surface area contributed by atoms with Gasteiger partial charge < -0.3 is 24.3 Å². The molecule has 3 rings (SSSR count). The molecule has 0 bridgehead atoms. The zero-order valence-electron chi connectivity index (χ0n) is 14.5. The summed E-state index contributed by atoms with van der Waals surface area (Å²) in [5.74, 6) is 0.993. The van der Waals surface area contributed by atoms with Crippen LogP contribution in [-0.2, 0) is 9.53 Å². The maximum absolute atomic E-state index is 12.3. The number of nitrogens with one attached hydrogen (secondary N) is 1. The summed E-state index contributed by atoms with van der Waals surface area (Å²) in [5.41, 5.74) is 1.00. The molecule has 1 aliphatic heterocycles. The van der Waals surface area contributed by atoms with Crippen LogP contribution in [0.1, 0.15) is 17.3 Å². The highest BCUT2D eigenvalue weighted by atomic mass is 16.6. The molecule has 26 heavy (non-hydrogen) atoms. The fourth-order valence-electron chi connectivity index (χ4n) is 2.41. The average Bonchev–Trinajstić information content (AvgIpc) is 2.67. The Morgan fingerprint density at radius 1 is 1.04 bits per heavy atom. The summed E-state index contributed by atoms with van der Waals surface area (Å²) in [6, 6.07) is 11.6. The van der Waals surface area contributed by atoms with Crippen LogP contribution in [0.3, 0.4) is 0 Å². The monoisotopic (exact) mass is 357 g/mol. The first-order valence-corrected chi connectivity index (χ1v) is 8.12. The summed E-state index contributed by atoms with van der Waals surface area (Å²) < 4.78 is 21.2. The van der Waals surface area contributed by atoms with E-state index in [2.05, 4.69) is 10.1 Å². The van der Waals surface area contributed by atoms with Gasteiger partial charge in [-0.2, -0.15) is 0 Å². The van der Waals surface area contributed by atoms with Crippen molar-refractivity contribution >= 4 is 17.6 Å². The number of methoxy groups -OCH3 is 1. The van der Waals surface area contributed by atoms with Crippen LogP contribution >= 0.6 is 0 Å².